The largest absolute Gasteiger partial charge is 0.413 e. The highest BCUT2D eigenvalue weighted by Gasteiger charge is 2.53. The Labute approximate surface area is 254 Å². The number of fused-ring (bicyclic) bond motifs is 1. The number of ether oxygens (including phenoxy) is 1. The van der Waals surface area contributed by atoms with E-state index in [1.165, 1.54) is 0 Å². The molecule has 0 aliphatic carbocycles. The van der Waals surface area contributed by atoms with Gasteiger partial charge in [0.15, 0.2) is 39.8 Å². The zero-order chi connectivity index (χ0) is 31.3. The molecule has 0 saturated carbocycles. The summed E-state index contributed by atoms with van der Waals surface area (Å²) in [6.45, 7) is 22.6. The summed E-state index contributed by atoms with van der Waals surface area (Å²) in [7, 11) is -0.613. The third-order valence-electron chi connectivity index (χ3n) is 8.77. The fourth-order valence-electron chi connectivity index (χ4n) is 4.18. The number of nitrogens with zero attached hydrogens (tertiary/aromatic N) is 5. The third-order valence-corrected chi connectivity index (χ3v) is 18.9. The van der Waals surface area contributed by atoms with Crippen LogP contribution in [0.25, 0.3) is 11.2 Å². The normalized spacial score (nSPS) is 24.6. The van der Waals surface area contributed by atoms with Crippen molar-refractivity contribution < 1.29 is 15.0 Å². The predicted octanol–water partition coefficient (Wildman–Crippen LogP) is 7.71. The zero-order valence-electron chi connectivity index (χ0n) is 27.8. The van der Waals surface area contributed by atoms with Crippen molar-refractivity contribution in [2.45, 2.75) is 106 Å². The van der Waals surface area contributed by atoms with Gasteiger partial charge in [0.2, 0.25) is 0 Å². The first-order chi connectivity index (χ1) is 19.3. The van der Waals surface area contributed by atoms with Gasteiger partial charge in [0.25, 0.3) is 0 Å². The minimum atomic E-state index is -2.32. The van der Waals surface area contributed by atoms with Crippen molar-refractivity contribution >= 4 is 45.4 Å². The van der Waals surface area contributed by atoms with E-state index in [9.17, 15) is 1.37 Å². The smallest absolute Gasteiger partial charge is 0.192 e. The molecular formula is C30H49N5O3SSi2. The van der Waals surface area contributed by atoms with Crippen LogP contribution in [0.4, 0.5) is 5.82 Å². The molecule has 4 atom stereocenters. The number of imidazole rings is 1. The van der Waals surface area contributed by atoms with Crippen molar-refractivity contribution in [1.29, 1.82) is 0 Å². The van der Waals surface area contributed by atoms with Crippen LogP contribution in [0.2, 0.25) is 36.3 Å². The molecule has 1 aliphatic heterocycles. The maximum absolute atomic E-state index is 9.86. The molecule has 41 heavy (non-hydrogen) atoms. The minimum absolute atomic E-state index is 0.0121. The number of anilines is 1. The number of hydrogen-bond donors (Lipinski definition) is 0. The monoisotopic (exact) mass is 616 g/mol. The average molecular weight is 617 g/mol. The minimum Gasteiger partial charge on any atom is -0.413 e. The molecule has 3 heterocycles. The van der Waals surface area contributed by atoms with Gasteiger partial charge in [0.05, 0.1) is 19.0 Å². The molecule has 0 bridgehead atoms. The molecule has 0 spiro atoms. The van der Waals surface area contributed by atoms with Gasteiger partial charge < -0.3 is 18.5 Å². The Balaban J connectivity index is 1.86. The van der Waals surface area contributed by atoms with Crippen molar-refractivity contribution in [3.8, 4) is 0 Å². The zero-order valence-corrected chi connectivity index (χ0v) is 29.7. The van der Waals surface area contributed by atoms with Gasteiger partial charge >= 0.3 is 0 Å². The van der Waals surface area contributed by atoms with Crippen LogP contribution in [-0.4, -0.2) is 67.9 Å². The first-order valence-electron chi connectivity index (χ1n) is 14.9. The Morgan fingerprint density at radius 2 is 1.66 bits per heavy atom. The van der Waals surface area contributed by atoms with Crippen LogP contribution in [0.1, 0.15) is 55.5 Å². The third kappa shape index (κ3) is 6.75. The second kappa shape index (κ2) is 11.4. The van der Waals surface area contributed by atoms with E-state index in [-0.39, 0.29) is 16.7 Å². The molecule has 0 amide bonds. The van der Waals surface area contributed by atoms with Gasteiger partial charge in [-0.25, -0.2) is 15.0 Å². The summed E-state index contributed by atoms with van der Waals surface area (Å²) in [6.07, 6.45) is 1.36. The molecule has 0 radical (unpaired) electrons. The summed E-state index contributed by atoms with van der Waals surface area (Å²) >= 11 is 1.56. The summed E-state index contributed by atoms with van der Waals surface area (Å²) in [5.74, 6) is 0.729. The molecule has 0 unspecified atom stereocenters. The standard InChI is InChI=1S/C30H49N5O3SSi2/c1-28(2,3)40(9,10)36-19-30(39-22-16-14-13-15-17-22)18-23(38-41(11,12)29(4,5)6)27(37-30)35-21-33-24-25(34(7)8)31-20-32-26(24)35/h13-17,20-21,23,27H,18-19H2,1-12H3/t23-,27-,30-/m1/s1/i18D/t18-,23-,27-,30-. The molecule has 11 heteroatoms. The van der Waals surface area contributed by atoms with E-state index in [2.05, 4.69) is 89.8 Å². The number of rotatable bonds is 9. The van der Waals surface area contributed by atoms with Crippen molar-refractivity contribution in [2.24, 2.45) is 0 Å². The molecule has 8 nitrogen and oxygen atoms in total. The van der Waals surface area contributed by atoms with E-state index in [1.807, 2.05) is 41.8 Å². The van der Waals surface area contributed by atoms with Crippen molar-refractivity contribution in [3.05, 3.63) is 43.0 Å². The van der Waals surface area contributed by atoms with Crippen molar-refractivity contribution in [1.82, 2.24) is 19.5 Å². The van der Waals surface area contributed by atoms with Crippen LogP contribution in [0, 0.1) is 0 Å². The van der Waals surface area contributed by atoms with Crippen LogP contribution in [0.3, 0.4) is 0 Å². The Kier molecular flexibility index (Phi) is 8.52. The maximum Gasteiger partial charge on any atom is 0.192 e. The second-order valence-electron chi connectivity index (χ2n) is 14.2. The SMILES string of the molecule is [2H][C@@H]1[C@@H](O[Si](C)(C)C(C)(C)C)[C@H](n2cnc3c(N(C)C)ncnc32)O[C@@]1(CO[Si](C)(C)C(C)(C)C)Sc1ccccc1. The molecule has 0 N–H and O–H groups in total. The highest BCUT2D eigenvalue weighted by Crippen LogP contribution is 2.52. The fraction of sp³-hybridized carbons (Fsp3) is 0.633. The number of thioether (sulfide) groups is 1. The summed E-state index contributed by atoms with van der Waals surface area (Å²) in [6, 6.07) is 10.2. The molecule has 2 aromatic heterocycles. The molecule has 226 valence electrons. The highest BCUT2D eigenvalue weighted by molar-refractivity contribution is 8.00. The molecule has 1 saturated heterocycles. The lowest BCUT2D eigenvalue weighted by Gasteiger charge is -2.40. The van der Waals surface area contributed by atoms with Crippen LogP contribution in [0.15, 0.2) is 47.9 Å². The molecular weight excluding hydrogens is 567 g/mol. The van der Waals surface area contributed by atoms with E-state index in [0.29, 0.717) is 11.2 Å². The van der Waals surface area contributed by atoms with Crippen LogP contribution in [-0.2, 0) is 13.6 Å². The summed E-state index contributed by atoms with van der Waals surface area (Å²) in [4.78, 5) is 15.7. The topological polar surface area (TPSA) is 74.5 Å². The molecule has 1 fully saturated rings. The summed E-state index contributed by atoms with van der Waals surface area (Å²) in [5, 5.41) is -0.0395. The van der Waals surface area contributed by atoms with Gasteiger partial charge in [0.1, 0.15) is 11.3 Å². The Hall–Kier alpha value is -1.77. The number of aromatic nitrogens is 4. The Morgan fingerprint density at radius 1 is 1.02 bits per heavy atom. The van der Waals surface area contributed by atoms with E-state index in [0.717, 1.165) is 10.7 Å². The predicted molar refractivity (Wildman–Crippen MR) is 175 cm³/mol. The van der Waals surface area contributed by atoms with Crippen LogP contribution >= 0.6 is 11.8 Å². The van der Waals surface area contributed by atoms with E-state index < -0.39 is 40.3 Å². The fourth-order valence-corrected chi connectivity index (χ4v) is 7.67. The van der Waals surface area contributed by atoms with Crippen molar-refractivity contribution in [3.63, 3.8) is 0 Å². The average Bonchev–Trinajstić information content (AvgIpc) is 3.42. The van der Waals surface area contributed by atoms with Gasteiger partial charge in [0, 0.05) is 26.8 Å². The molecule has 4 rings (SSSR count). The van der Waals surface area contributed by atoms with Crippen LogP contribution in [0.5, 0.6) is 0 Å². The van der Waals surface area contributed by atoms with E-state index in [1.54, 1.807) is 24.4 Å². The lowest BCUT2D eigenvalue weighted by Crippen LogP contribution is -2.46. The first-order valence-corrected chi connectivity index (χ1v) is 20.9. The molecule has 3 aromatic rings. The lowest BCUT2D eigenvalue weighted by molar-refractivity contribution is -0.0595. The van der Waals surface area contributed by atoms with Gasteiger partial charge in [-0.05, 0) is 48.4 Å². The summed E-state index contributed by atoms with van der Waals surface area (Å²) < 4.78 is 32.8. The number of benzene rings is 1. The first kappa shape index (κ1) is 30.7. The van der Waals surface area contributed by atoms with E-state index >= 15 is 0 Å². The quantitative estimate of drug-likeness (QED) is 0.226. The van der Waals surface area contributed by atoms with Gasteiger partial charge in [-0.3, -0.25) is 4.57 Å². The van der Waals surface area contributed by atoms with Gasteiger partial charge in [-0.15, -0.1) is 0 Å². The Morgan fingerprint density at radius 3 is 2.24 bits per heavy atom. The van der Waals surface area contributed by atoms with Gasteiger partial charge in [-0.1, -0.05) is 71.5 Å². The van der Waals surface area contributed by atoms with Crippen LogP contribution < -0.4 is 4.90 Å². The van der Waals surface area contributed by atoms with Crippen molar-refractivity contribution in [2.75, 3.05) is 25.6 Å². The highest BCUT2D eigenvalue weighted by atomic mass is 32.2. The van der Waals surface area contributed by atoms with Gasteiger partial charge in [-0.2, -0.15) is 0 Å². The van der Waals surface area contributed by atoms with E-state index in [4.69, 9.17) is 18.6 Å². The number of hydrogen-bond acceptors (Lipinski definition) is 8. The maximum atomic E-state index is 9.86. The molecule has 1 aromatic carbocycles. The summed E-state index contributed by atoms with van der Waals surface area (Å²) in [5.41, 5.74) is 1.34. The second-order valence-corrected chi connectivity index (χ2v) is 25.1. The Bertz CT molecular complexity index is 1380. The lowest BCUT2D eigenvalue weighted by atomic mass is 10.2. The molecule has 1 aliphatic rings.